The first-order valence-corrected chi connectivity index (χ1v) is 12.6. The van der Waals surface area contributed by atoms with E-state index < -0.39 is 4.92 Å². The molecule has 10 nitrogen and oxygen atoms in total. The van der Waals surface area contributed by atoms with Gasteiger partial charge in [0, 0.05) is 55.6 Å². The number of amides is 1. The molecular weight excluding hydrogens is 498 g/mol. The van der Waals surface area contributed by atoms with Crippen molar-refractivity contribution in [2.24, 2.45) is 0 Å². The molecule has 0 bridgehead atoms. The molecule has 1 aromatic heterocycles. The summed E-state index contributed by atoms with van der Waals surface area (Å²) < 4.78 is 12.4. The van der Waals surface area contributed by atoms with Crippen LogP contribution in [0.4, 0.5) is 11.4 Å². The minimum atomic E-state index is -0.458. The van der Waals surface area contributed by atoms with Crippen molar-refractivity contribution < 1.29 is 19.2 Å². The number of nitro groups is 1. The number of benzene rings is 3. The van der Waals surface area contributed by atoms with E-state index in [0.717, 1.165) is 0 Å². The van der Waals surface area contributed by atoms with Gasteiger partial charge in [-0.25, -0.2) is 4.68 Å². The molecule has 0 spiro atoms. The number of nitro benzene ring substituents is 1. The minimum Gasteiger partial charge on any atom is -0.497 e. The summed E-state index contributed by atoms with van der Waals surface area (Å²) in [5.41, 5.74) is 4.47. The van der Waals surface area contributed by atoms with Gasteiger partial charge < -0.3 is 19.3 Å². The molecule has 0 aliphatic carbocycles. The van der Waals surface area contributed by atoms with Gasteiger partial charge in [0.05, 0.1) is 30.5 Å². The second kappa shape index (κ2) is 10.9. The van der Waals surface area contributed by atoms with Gasteiger partial charge >= 0.3 is 0 Å². The molecule has 0 unspecified atom stereocenters. The molecule has 0 radical (unpaired) electrons. The Morgan fingerprint density at radius 2 is 1.64 bits per heavy atom. The number of ether oxygens (including phenoxy) is 2. The second-order valence-corrected chi connectivity index (χ2v) is 9.23. The molecule has 3 aromatic carbocycles. The van der Waals surface area contributed by atoms with Gasteiger partial charge in [0.15, 0.2) is 0 Å². The molecule has 1 amide bonds. The van der Waals surface area contributed by atoms with Gasteiger partial charge in [-0.2, -0.15) is 5.10 Å². The van der Waals surface area contributed by atoms with Crippen molar-refractivity contribution in [2.45, 2.75) is 6.92 Å². The second-order valence-electron chi connectivity index (χ2n) is 9.23. The Labute approximate surface area is 226 Å². The van der Waals surface area contributed by atoms with E-state index >= 15 is 0 Å². The van der Waals surface area contributed by atoms with Crippen molar-refractivity contribution in [3.05, 3.63) is 94.2 Å². The number of nitrogens with zero attached hydrogens (tertiary/aromatic N) is 5. The van der Waals surface area contributed by atoms with Crippen LogP contribution in [-0.4, -0.2) is 65.9 Å². The monoisotopic (exact) mass is 527 g/mol. The Morgan fingerprint density at radius 3 is 2.28 bits per heavy atom. The quantitative estimate of drug-likeness (QED) is 0.253. The fourth-order valence-corrected chi connectivity index (χ4v) is 4.82. The minimum absolute atomic E-state index is 0.0387. The van der Waals surface area contributed by atoms with Crippen LogP contribution in [0.3, 0.4) is 0 Å². The number of carbonyl (C=O) groups excluding carboxylic acids is 1. The zero-order valence-corrected chi connectivity index (χ0v) is 22.0. The fourth-order valence-electron chi connectivity index (χ4n) is 4.82. The maximum absolute atomic E-state index is 13.9. The van der Waals surface area contributed by atoms with Gasteiger partial charge in [-0.15, -0.1) is 0 Å². The van der Waals surface area contributed by atoms with E-state index in [9.17, 15) is 14.9 Å². The molecule has 0 N–H and O–H groups in total. The molecule has 1 aliphatic rings. The summed E-state index contributed by atoms with van der Waals surface area (Å²) in [6.07, 6.45) is 0. The van der Waals surface area contributed by atoms with E-state index in [1.54, 1.807) is 49.2 Å². The predicted octanol–water partition coefficient (Wildman–Crippen LogP) is 4.74. The van der Waals surface area contributed by atoms with Gasteiger partial charge in [-0.1, -0.05) is 18.2 Å². The molecular formula is C29H29N5O5. The Morgan fingerprint density at radius 1 is 0.923 bits per heavy atom. The number of anilines is 1. The van der Waals surface area contributed by atoms with E-state index in [-0.39, 0.29) is 11.6 Å². The van der Waals surface area contributed by atoms with Crippen LogP contribution in [0.1, 0.15) is 16.1 Å². The number of piperazine rings is 1. The van der Waals surface area contributed by atoms with Gasteiger partial charge in [0.2, 0.25) is 0 Å². The SMILES string of the molecule is COc1ccc(-c2cc(C(=O)N3CCN(c4ccccc4C)CC3)n(-c3ccc([N+](=O)[O-])cc3)n2)c(OC)c1. The van der Waals surface area contributed by atoms with E-state index in [1.165, 1.54) is 23.4 Å². The van der Waals surface area contributed by atoms with Crippen molar-refractivity contribution in [2.75, 3.05) is 45.3 Å². The first-order valence-electron chi connectivity index (χ1n) is 12.6. The van der Waals surface area contributed by atoms with Crippen molar-refractivity contribution >= 4 is 17.3 Å². The number of carbonyl (C=O) groups is 1. The topological polar surface area (TPSA) is 103 Å². The maximum atomic E-state index is 13.9. The van der Waals surface area contributed by atoms with E-state index in [2.05, 4.69) is 24.0 Å². The summed E-state index contributed by atoms with van der Waals surface area (Å²) in [7, 11) is 3.14. The van der Waals surface area contributed by atoms with Crippen LogP contribution in [0.5, 0.6) is 11.5 Å². The molecule has 4 aromatic rings. The van der Waals surface area contributed by atoms with Gasteiger partial charge in [0.25, 0.3) is 11.6 Å². The normalized spacial score (nSPS) is 13.3. The lowest BCUT2D eigenvalue weighted by Gasteiger charge is -2.36. The lowest BCUT2D eigenvalue weighted by Crippen LogP contribution is -2.49. The highest BCUT2D eigenvalue weighted by Crippen LogP contribution is 2.34. The number of hydrogen-bond donors (Lipinski definition) is 0. The summed E-state index contributed by atoms with van der Waals surface area (Å²) in [5, 5.41) is 15.9. The van der Waals surface area contributed by atoms with Crippen LogP contribution in [0.25, 0.3) is 16.9 Å². The third-order valence-electron chi connectivity index (χ3n) is 6.94. The molecule has 0 saturated carbocycles. The maximum Gasteiger partial charge on any atom is 0.272 e. The van der Waals surface area contributed by atoms with Gasteiger partial charge in [0.1, 0.15) is 17.2 Å². The summed E-state index contributed by atoms with van der Waals surface area (Å²) in [6, 6.07) is 21.3. The lowest BCUT2D eigenvalue weighted by molar-refractivity contribution is -0.384. The number of rotatable bonds is 7. The number of aromatic nitrogens is 2. The molecule has 2 heterocycles. The summed E-state index contributed by atoms with van der Waals surface area (Å²) >= 11 is 0. The van der Waals surface area contributed by atoms with Crippen molar-refractivity contribution in [3.63, 3.8) is 0 Å². The highest BCUT2D eigenvalue weighted by Gasteiger charge is 2.27. The highest BCUT2D eigenvalue weighted by atomic mass is 16.6. The van der Waals surface area contributed by atoms with Crippen LogP contribution in [0.2, 0.25) is 0 Å². The summed E-state index contributed by atoms with van der Waals surface area (Å²) in [6.45, 7) is 4.62. The number of hydrogen-bond acceptors (Lipinski definition) is 7. The van der Waals surface area contributed by atoms with Gasteiger partial charge in [-0.05, 0) is 48.9 Å². The molecule has 5 rings (SSSR count). The molecule has 0 atom stereocenters. The predicted molar refractivity (Wildman–Crippen MR) is 148 cm³/mol. The van der Waals surface area contributed by atoms with Gasteiger partial charge in [-0.3, -0.25) is 14.9 Å². The number of non-ortho nitro benzene ring substituents is 1. The van der Waals surface area contributed by atoms with Crippen molar-refractivity contribution in [3.8, 4) is 28.4 Å². The molecule has 1 aliphatic heterocycles. The van der Waals surface area contributed by atoms with E-state index in [1.807, 2.05) is 23.1 Å². The summed E-state index contributed by atoms with van der Waals surface area (Å²) in [5.74, 6) is 1.02. The third kappa shape index (κ3) is 5.13. The number of methoxy groups -OCH3 is 2. The molecule has 10 heteroatoms. The first kappa shape index (κ1) is 25.8. The van der Waals surface area contributed by atoms with E-state index in [0.29, 0.717) is 60.3 Å². The Bertz CT molecular complexity index is 1510. The smallest absolute Gasteiger partial charge is 0.272 e. The Kier molecular flexibility index (Phi) is 7.18. The van der Waals surface area contributed by atoms with E-state index in [4.69, 9.17) is 14.6 Å². The zero-order valence-electron chi connectivity index (χ0n) is 22.0. The largest absolute Gasteiger partial charge is 0.497 e. The van der Waals surface area contributed by atoms with Crippen LogP contribution < -0.4 is 14.4 Å². The number of para-hydroxylation sites is 1. The highest BCUT2D eigenvalue weighted by molar-refractivity contribution is 5.95. The van der Waals surface area contributed by atoms with Crippen LogP contribution in [0, 0.1) is 17.0 Å². The fraction of sp³-hybridized carbons (Fsp3) is 0.241. The zero-order chi connectivity index (χ0) is 27.5. The summed E-state index contributed by atoms with van der Waals surface area (Å²) in [4.78, 5) is 28.7. The van der Waals surface area contributed by atoms with Crippen molar-refractivity contribution in [1.82, 2.24) is 14.7 Å². The number of aryl methyl sites for hydroxylation is 1. The Hall–Kier alpha value is -4.86. The Balaban J connectivity index is 1.49. The van der Waals surface area contributed by atoms with Crippen LogP contribution in [-0.2, 0) is 0 Å². The molecule has 200 valence electrons. The first-order chi connectivity index (χ1) is 18.9. The molecule has 1 fully saturated rings. The van der Waals surface area contributed by atoms with Crippen LogP contribution >= 0.6 is 0 Å². The molecule has 39 heavy (non-hydrogen) atoms. The average molecular weight is 528 g/mol. The van der Waals surface area contributed by atoms with Crippen molar-refractivity contribution in [1.29, 1.82) is 0 Å². The lowest BCUT2D eigenvalue weighted by atomic mass is 10.1. The average Bonchev–Trinajstić information content (AvgIpc) is 3.42. The third-order valence-corrected chi connectivity index (χ3v) is 6.94. The molecule has 1 saturated heterocycles. The van der Waals surface area contributed by atoms with Crippen LogP contribution in [0.15, 0.2) is 72.8 Å². The standard InChI is InChI=1S/C29H29N5O5/c1-20-6-4-5-7-26(20)31-14-16-32(17-15-31)29(35)27-19-25(24-13-12-23(38-2)18-28(24)39-3)30-33(27)21-8-10-22(11-9-21)34(36)37/h4-13,18-19H,14-17H2,1-3H3.